The third-order valence-electron chi connectivity index (χ3n) is 4.68. The van der Waals surface area contributed by atoms with Crippen LogP contribution in [0.1, 0.15) is 25.0 Å². The molecular weight excluding hydrogens is 358 g/mol. The SMILES string of the molecule is CC(=O)O[C@H]1C(=O)N(Cc2ccccc2)C(Cc2ccccc2)[C@@H]1OC(C)=O. The Bertz CT molecular complexity index is 837. The van der Waals surface area contributed by atoms with Crippen LogP contribution in [0.15, 0.2) is 60.7 Å². The summed E-state index contributed by atoms with van der Waals surface area (Å²) in [7, 11) is 0. The van der Waals surface area contributed by atoms with Crippen molar-refractivity contribution in [3.05, 3.63) is 71.8 Å². The molecule has 1 heterocycles. The van der Waals surface area contributed by atoms with E-state index in [2.05, 4.69) is 0 Å². The highest BCUT2D eigenvalue weighted by molar-refractivity contribution is 5.87. The first-order valence-corrected chi connectivity index (χ1v) is 9.18. The molecule has 0 spiro atoms. The Kier molecular flexibility index (Phi) is 6.09. The number of carbonyl (C=O) groups excluding carboxylic acids is 3. The number of hydrogen-bond donors (Lipinski definition) is 0. The van der Waals surface area contributed by atoms with E-state index in [0.717, 1.165) is 11.1 Å². The fourth-order valence-electron chi connectivity index (χ4n) is 3.53. The number of benzene rings is 2. The Morgan fingerprint density at radius 3 is 1.93 bits per heavy atom. The van der Waals surface area contributed by atoms with Gasteiger partial charge in [-0.3, -0.25) is 14.4 Å². The van der Waals surface area contributed by atoms with Crippen LogP contribution in [0.2, 0.25) is 0 Å². The minimum atomic E-state index is -1.14. The summed E-state index contributed by atoms with van der Waals surface area (Å²) in [5.41, 5.74) is 1.94. The van der Waals surface area contributed by atoms with Gasteiger partial charge < -0.3 is 14.4 Å². The van der Waals surface area contributed by atoms with E-state index >= 15 is 0 Å². The highest BCUT2D eigenvalue weighted by atomic mass is 16.6. The molecule has 1 fully saturated rings. The van der Waals surface area contributed by atoms with E-state index in [4.69, 9.17) is 9.47 Å². The molecule has 1 aliphatic heterocycles. The van der Waals surface area contributed by atoms with Crippen molar-refractivity contribution in [2.75, 3.05) is 0 Å². The van der Waals surface area contributed by atoms with E-state index in [0.29, 0.717) is 13.0 Å². The lowest BCUT2D eigenvalue weighted by Gasteiger charge is -2.27. The first-order valence-electron chi connectivity index (χ1n) is 9.18. The lowest BCUT2D eigenvalue weighted by atomic mass is 10.0. The van der Waals surface area contributed by atoms with Crippen molar-refractivity contribution in [2.45, 2.75) is 45.1 Å². The Hall–Kier alpha value is -3.15. The molecule has 0 radical (unpaired) electrons. The molecule has 0 aliphatic carbocycles. The molecule has 6 heteroatoms. The van der Waals surface area contributed by atoms with Gasteiger partial charge in [0.05, 0.1) is 6.04 Å². The van der Waals surface area contributed by atoms with Gasteiger partial charge in [-0.2, -0.15) is 0 Å². The summed E-state index contributed by atoms with van der Waals surface area (Å²) in [6.45, 7) is 2.87. The third-order valence-corrected chi connectivity index (χ3v) is 4.68. The summed E-state index contributed by atoms with van der Waals surface area (Å²) < 4.78 is 10.7. The summed E-state index contributed by atoms with van der Waals surface area (Å²) in [6, 6.07) is 18.8. The number of esters is 2. The maximum atomic E-state index is 13.1. The first-order chi connectivity index (χ1) is 13.5. The Labute approximate surface area is 164 Å². The van der Waals surface area contributed by atoms with E-state index in [1.165, 1.54) is 13.8 Å². The molecule has 146 valence electrons. The fourth-order valence-corrected chi connectivity index (χ4v) is 3.53. The average molecular weight is 381 g/mol. The van der Waals surface area contributed by atoms with E-state index in [9.17, 15) is 14.4 Å². The van der Waals surface area contributed by atoms with Crippen LogP contribution in [0.5, 0.6) is 0 Å². The summed E-state index contributed by atoms with van der Waals surface area (Å²) in [6.07, 6.45) is -1.52. The van der Waals surface area contributed by atoms with Crippen LogP contribution < -0.4 is 0 Å². The molecule has 1 saturated heterocycles. The fraction of sp³-hybridized carbons (Fsp3) is 0.318. The number of hydrogen-bond acceptors (Lipinski definition) is 5. The summed E-state index contributed by atoms with van der Waals surface area (Å²) in [5, 5.41) is 0. The standard InChI is InChI=1S/C22H23NO5/c1-15(24)27-20-19(13-17-9-5-3-6-10-17)23(14-18-11-7-4-8-12-18)22(26)21(20)28-16(2)25/h3-12,19-21H,13-14H2,1-2H3/t19?,20-,21+/m0/s1. The van der Waals surface area contributed by atoms with Crippen molar-refractivity contribution in [3.8, 4) is 0 Å². The molecule has 3 atom stereocenters. The molecule has 1 unspecified atom stereocenters. The minimum Gasteiger partial charge on any atom is -0.456 e. The average Bonchev–Trinajstić information content (AvgIpc) is 2.88. The van der Waals surface area contributed by atoms with Crippen LogP contribution in [-0.4, -0.2) is 41.0 Å². The van der Waals surface area contributed by atoms with Crippen LogP contribution in [0, 0.1) is 0 Å². The van der Waals surface area contributed by atoms with Crippen molar-refractivity contribution >= 4 is 17.8 Å². The number of nitrogens with zero attached hydrogens (tertiary/aromatic N) is 1. The number of likely N-dealkylation sites (tertiary alicyclic amines) is 1. The van der Waals surface area contributed by atoms with Gasteiger partial charge >= 0.3 is 11.9 Å². The molecule has 6 nitrogen and oxygen atoms in total. The van der Waals surface area contributed by atoms with Crippen molar-refractivity contribution < 1.29 is 23.9 Å². The van der Waals surface area contributed by atoms with E-state index in [1.807, 2.05) is 60.7 Å². The Morgan fingerprint density at radius 1 is 0.857 bits per heavy atom. The van der Waals surface area contributed by atoms with Gasteiger partial charge in [0.1, 0.15) is 0 Å². The zero-order valence-electron chi connectivity index (χ0n) is 15.9. The van der Waals surface area contributed by atoms with Gasteiger partial charge in [0.15, 0.2) is 6.10 Å². The molecule has 28 heavy (non-hydrogen) atoms. The van der Waals surface area contributed by atoms with Gasteiger partial charge in [-0.25, -0.2) is 0 Å². The Balaban J connectivity index is 1.95. The molecule has 2 aromatic carbocycles. The van der Waals surface area contributed by atoms with Gasteiger partial charge in [-0.05, 0) is 17.5 Å². The molecule has 0 N–H and O–H groups in total. The molecule has 0 bridgehead atoms. The van der Waals surface area contributed by atoms with E-state index in [-0.39, 0.29) is 5.91 Å². The highest BCUT2D eigenvalue weighted by Crippen LogP contribution is 2.30. The van der Waals surface area contributed by atoms with E-state index < -0.39 is 30.2 Å². The van der Waals surface area contributed by atoms with Crippen molar-refractivity contribution in [2.24, 2.45) is 0 Å². The van der Waals surface area contributed by atoms with Crippen LogP contribution in [0.4, 0.5) is 0 Å². The normalized spacial score (nSPS) is 21.4. The second-order valence-electron chi connectivity index (χ2n) is 6.81. The van der Waals surface area contributed by atoms with Crippen molar-refractivity contribution in [1.29, 1.82) is 0 Å². The molecule has 0 aromatic heterocycles. The van der Waals surface area contributed by atoms with Gasteiger partial charge in [-0.1, -0.05) is 60.7 Å². The number of ether oxygens (including phenoxy) is 2. The van der Waals surface area contributed by atoms with Crippen LogP contribution in [-0.2, 0) is 36.8 Å². The summed E-state index contributed by atoms with van der Waals surface area (Å²) >= 11 is 0. The summed E-state index contributed by atoms with van der Waals surface area (Å²) in [4.78, 5) is 38.0. The molecule has 1 aliphatic rings. The Morgan fingerprint density at radius 2 is 1.39 bits per heavy atom. The quantitative estimate of drug-likeness (QED) is 0.719. The van der Waals surface area contributed by atoms with Gasteiger partial charge in [0.25, 0.3) is 5.91 Å². The maximum absolute atomic E-state index is 13.1. The van der Waals surface area contributed by atoms with Gasteiger partial charge in [0, 0.05) is 20.4 Å². The van der Waals surface area contributed by atoms with E-state index in [1.54, 1.807) is 4.90 Å². The molecular formula is C22H23NO5. The van der Waals surface area contributed by atoms with Gasteiger partial charge in [0.2, 0.25) is 6.10 Å². The molecule has 2 aromatic rings. The molecule has 0 saturated carbocycles. The zero-order valence-corrected chi connectivity index (χ0v) is 15.9. The second-order valence-corrected chi connectivity index (χ2v) is 6.81. The number of amides is 1. The smallest absolute Gasteiger partial charge is 0.303 e. The van der Waals surface area contributed by atoms with Crippen LogP contribution in [0.3, 0.4) is 0 Å². The topological polar surface area (TPSA) is 72.9 Å². The predicted molar refractivity (Wildman–Crippen MR) is 102 cm³/mol. The molecule has 3 rings (SSSR count). The second kappa shape index (κ2) is 8.69. The highest BCUT2D eigenvalue weighted by Gasteiger charge is 2.52. The largest absolute Gasteiger partial charge is 0.456 e. The lowest BCUT2D eigenvalue weighted by Crippen LogP contribution is -2.41. The zero-order chi connectivity index (χ0) is 20.1. The van der Waals surface area contributed by atoms with Crippen molar-refractivity contribution in [1.82, 2.24) is 4.90 Å². The number of carbonyl (C=O) groups is 3. The minimum absolute atomic E-state index is 0.340. The van der Waals surface area contributed by atoms with Gasteiger partial charge in [-0.15, -0.1) is 0 Å². The lowest BCUT2D eigenvalue weighted by molar-refractivity contribution is -0.166. The number of rotatable bonds is 6. The van der Waals surface area contributed by atoms with Crippen molar-refractivity contribution in [3.63, 3.8) is 0 Å². The summed E-state index contributed by atoms with van der Waals surface area (Å²) in [5.74, 6) is -1.46. The monoisotopic (exact) mass is 381 g/mol. The van der Waals surface area contributed by atoms with Crippen LogP contribution in [0.25, 0.3) is 0 Å². The third kappa shape index (κ3) is 4.57. The molecule has 1 amide bonds. The predicted octanol–water partition coefficient (Wildman–Crippen LogP) is 2.50. The maximum Gasteiger partial charge on any atom is 0.303 e. The van der Waals surface area contributed by atoms with Crippen LogP contribution >= 0.6 is 0 Å². The first kappa shape index (κ1) is 19.6.